The van der Waals surface area contributed by atoms with Crippen LogP contribution in [0.25, 0.3) is 22.3 Å². The predicted molar refractivity (Wildman–Crippen MR) is 243 cm³/mol. The predicted octanol–water partition coefficient (Wildman–Crippen LogP) is 6.34. The zero-order chi connectivity index (χ0) is 45.9. The molecule has 17 heteroatoms. The van der Waals surface area contributed by atoms with Crippen LogP contribution in [0.5, 0.6) is 5.88 Å². The molecule has 4 fully saturated rings. The molecule has 8 heterocycles. The Morgan fingerprint density at radius 3 is 2.39 bits per heavy atom. The van der Waals surface area contributed by atoms with Crippen LogP contribution in [-0.2, 0) is 34.5 Å². The first-order chi connectivity index (χ1) is 31.8. The Morgan fingerprint density at radius 2 is 1.65 bits per heavy atom. The second-order valence-electron chi connectivity index (χ2n) is 19.3. The van der Waals surface area contributed by atoms with E-state index in [9.17, 15) is 19.2 Å². The molecular weight excluding hydrogens is 847 g/mol. The zero-order valence-corrected chi connectivity index (χ0v) is 37.7. The van der Waals surface area contributed by atoms with Gasteiger partial charge in [0.05, 0.1) is 46.9 Å². The SMILES string of the molecule is Cc1cc2cc(n1)-c1cnn(C)c1OCCC[C@@H](C)Cn1c(nc3ccc(CN4CCC5(CC4)CCN(C(=O)C4CN(c6cc(F)c([C@H]7CCC(=O)NC7=O)c(F)c6)C4)CC5)cc31)NC2=O. The summed E-state index contributed by atoms with van der Waals surface area (Å²) in [5, 5.41) is 9.72. The lowest BCUT2D eigenvalue weighted by Crippen LogP contribution is -2.57. The van der Waals surface area contributed by atoms with Crippen LogP contribution < -0.4 is 20.3 Å². The van der Waals surface area contributed by atoms with E-state index in [1.807, 2.05) is 18.9 Å². The largest absolute Gasteiger partial charge is 0.477 e. The van der Waals surface area contributed by atoms with Crippen molar-refractivity contribution in [3.63, 3.8) is 0 Å². The average Bonchev–Trinajstić information content (AvgIpc) is 3.80. The van der Waals surface area contributed by atoms with Gasteiger partial charge in [-0.3, -0.25) is 39.7 Å². The molecule has 1 spiro atoms. The Hall–Kier alpha value is -6.23. The van der Waals surface area contributed by atoms with Crippen molar-refractivity contribution in [3.8, 4) is 17.1 Å². The van der Waals surface area contributed by atoms with Crippen molar-refractivity contribution >= 4 is 46.3 Å². The summed E-state index contributed by atoms with van der Waals surface area (Å²) in [6.07, 6.45) is 7.62. The molecule has 5 aliphatic heterocycles. The summed E-state index contributed by atoms with van der Waals surface area (Å²) < 4.78 is 40.5. The highest BCUT2D eigenvalue weighted by molar-refractivity contribution is 6.05. The minimum atomic E-state index is -1.05. The van der Waals surface area contributed by atoms with Crippen LogP contribution in [0, 0.1) is 35.8 Å². The number of hydrogen-bond donors (Lipinski definition) is 2. The van der Waals surface area contributed by atoms with E-state index in [0.29, 0.717) is 73.8 Å². The number of nitrogens with one attached hydrogen (secondary N) is 2. The van der Waals surface area contributed by atoms with E-state index in [4.69, 9.17) is 14.7 Å². The lowest BCUT2D eigenvalue weighted by atomic mass is 9.71. The number of imide groups is 1. The van der Waals surface area contributed by atoms with E-state index in [1.165, 1.54) is 17.7 Å². The number of aromatic nitrogens is 5. The maximum absolute atomic E-state index is 15.2. The van der Waals surface area contributed by atoms with Gasteiger partial charge in [-0.05, 0) is 118 Å². The summed E-state index contributed by atoms with van der Waals surface area (Å²) in [5.74, 6) is -2.79. The van der Waals surface area contributed by atoms with E-state index in [1.54, 1.807) is 27.9 Å². The number of nitrogens with zero attached hydrogens (tertiary/aromatic N) is 8. The van der Waals surface area contributed by atoms with E-state index < -0.39 is 29.4 Å². The van der Waals surface area contributed by atoms with Gasteiger partial charge in [0.2, 0.25) is 29.5 Å². The van der Waals surface area contributed by atoms with Crippen molar-refractivity contribution < 1.29 is 32.7 Å². The fourth-order valence-corrected chi connectivity index (χ4v) is 10.7. The molecule has 0 radical (unpaired) electrons. The topological polar surface area (TPSA) is 160 Å². The molecule has 0 saturated carbocycles. The number of pyridine rings is 1. The third-order valence-corrected chi connectivity index (χ3v) is 14.7. The number of piperidine rings is 3. The number of fused-ring (bicyclic) bond motifs is 7. The summed E-state index contributed by atoms with van der Waals surface area (Å²) in [4.78, 5) is 67.3. The number of aryl methyl sites for hydroxylation is 2. The summed E-state index contributed by atoms with van der Waals surface area (Å²) in [6, 6.07) is 12.4. The number of hydrogen-bond acceptors (Lipinski definition) is 10. The van der Waals surface area contributed by atoms with Gasteiger partial charge in [-0.2, -0.15) is 5.10 Å². The van der Waals surface area contributed by atoms with Gasteiger partial charge in [0, 0.05) is 75.2 Å². The standard InChI is InChI=1S/C49H56F2N10O5/c1-29-5-4-18-66-47-36(24-52-57(47)3)40-21-32(19-30(2)53-40)44(63)56-48-54-39-8-6-31(20-41(39)61(48)25-29)26-58-14-10-49(11-15-58)12-16-59(17-13-49)46(65)33-27-60(28-33)34-22-37(50)43(38(51)23-34)35-7-9-42(62)55-45(35)64/h6,8,19-24,29,33,35H,4-5,7,9-18,25-28H2,1-3H3,(H,54,56,63)(H,55,62,64)/t29-,35-/m1/s1. The summed E-state index contributed by atoms with van der Waals surface area (Å²) in [5.41, 5.74) is 5.79. The smallest absolute Gasteiger partial charge is 0.258 e. The maximum atomic E-state index is 15.2. The van der Waals surface area contributed by atoms with E-state index in [-0.39, 0.29) is 47.5 Å². The minimum Gasteiger partial charge on any atom is -0.477 e. The van der Waals surface area contributed by atoms with Crippen molar-refractivity contribution in [2.24, 2.45) is 24.3 Å². The van der Waals surface area contributed by atoms with Crippen LogP contribution in [0.3, 0.4) is 0 Å². The number of imidazole rings is 1. The Kier molecular flexibility index (Phi) is 11.6. The van der Waals surface area contributed by atoms with Crippen LogP contribution in [0.2, 0.25) is 0 Å². The second kappa shape index (κ2) is 17.5. The van der Waals surface area contributed by atoms with Gasteiger partial charge in [-0.15, -0.1) is 0 Å². The molecule has 5 aliphatic rings. The summed E-state index contributed by atoms with van der Waals surface area (Å²) >= 11 is 0. The molecule has 2 bridgehead atoms. The van der Waals surface area contributed by atoms with Crippen LogP contribution in [0.1, 0.15) is 91.4 Å². The molecule has 2 aromatic carbocycles. The summed E-state index contributed by atoms with van der Waals surface area (Å²) in [7, 11) is 1.84. The van der Waals surface area contributed by atoms with Crippen LogP contribution in [0.15, 0.2) is 48.7 Å². The van der Waals surface area contributed by atoms with Crippen molar-refractivity contribution in [2.75, 3.05) is 56.1 Å². The van der Waals surface area contributed by atoms with Crippen molar-refractivity contribution in [1.82, 2.24) is 39.4 Å². The lowest BCUT2D eigenvalue weighted by Gasteiger charge is -2.48. The van der Waals surface area contributed by atoms with Crippen molar-refractivity contribution in [1.29, 1.82) is 0 Å². The number of anilines is 2. The molecule has 0 unspecified atom stereocenters. The van der Waals surface area contributed by atoms with E-state index in [0.717, 1.165) is 74.8 Å². The molecule has 2 atom stereocenters. The average molecular weight is 903 g/mol. The number of ether oxygens (including phenoxy) is 1. The number of amides is 4. The molecule has 4 saturated heterocycles. The van der Waals surface area contributed by atoms with Crippen LogP contribution in [-0.4, -0.2) is 104 Å². The zero-order valence-electron chi connectivity index (χ0n) is 37.7. The van der Waals surface area contributed by atoms with Gasteiger partial charge in [-0.1, -0.05) is 13.0 Å². The number of halogens is 2. The maximum Gasteiger partial charge on any atom is 0.258 e. The fraction of sp³-hybridized carbons (Fsp3) is 0.490. The number of carbonyl (C=O) groups excluding carboxylic acids is 4. The van der Waals surface area contributed by atoms with Crippen molar-refractivity contribution in [2.45, 2.75) is 84.2 Å². The Balaban J connectivity index is 0.750. The normalized spacial score (nSPS) is 21.9. The first-order valence-electron chi connectivity index (χ1n) is 23.3. The van der Waals surface area contributed by atoms with Crippen LogP contribution >= 0.6 is 0 Å². The number of likely N-dealkylation sites (tertiary alicyclic amines) is 2. The third kappa shape index (κ3) is 8.53. The van der Waals surface area contributed by atoms with Crippen molar-refractivity contribution in [3.05, 3.63) is 82.7 Å². The Bertz CT molecular complexity index is 2700. The molecule has 3 aromatic heterocycles. The number of benzene rings is 2. The van der Waals surface area contributed by atoms with E-state index in [2.05, 4.69) is 50.3 Å². The van der Waals surface area contributed by atoms with Gasteiger partial charge in [0.15, 0.2) is 0 Å². The first-order valence-corrected chi connectivity index (χ1v) is 23.3. The van der Waals surface area contributed by atoms with Gasteiger partial charge in [-0.25, -0.2) is 18.4 Å². The van der Waals surface area contributed by atoms with E-state index >= 15 is 8.78 Å². The Labute approximate surface area is 381 Å². The lowest BCUT2D eigenvalue weighted by molar-refractivity contribution is -0.139. The molecule has 0 aliphatic carbocycles. The molecule has 10 rings (SSSR count). The third-order valence-electron chi connectivity index (χ3n) is 14.7. The fourth-order valence-electron chi connectivity index (χ4n) is 10.7. The summed E-state index contributed by atoms with van der Waals surface area (Å²) in [6.45, 7) is 10.2. The highest BCUT2D eigenvalue weighted by atomic mass is 19.1. The van der Waals surface area contributed by atoms with Gasteiger partial charge in [0.1, 0.15) is 11.6 Å². The first kappa shape index (κ1) is 43.7. The minimum absolute atomic E-state index is 0.0306. The highest BCUT2D eigenvalue weighted by Crippen LogP contribution is 2.43. The second-order valence-corrected chi connectivity index (χ2v) is 19.3. The molecule has 5 aromatic rings. The molecule has 2 N–H and O–H groups in total. The molecule has 346 valence electrons. The molecule has 15 nitrogen and oxygen atoms in total. The van der Waals surface area contributed by atoms with Gasteiger partial charge in [0.25, 0.3) is 5.91 Å². The molecular formula is C49H56F2N10O5. The molecule has 4 amide bonds. The Morgan fingerprint density at radius 1 is 0.909 bits per heavy atom. The highest BCUT2D eigenvalue weighted by Gasteiger charge is 2.42. The number of rotatable bonds is 5. The van der Waals surface area contributed by atoms with Crippen LogP contribution in [0.4, 0.5) is 20.4 Å². The number of carbonyl (C=O) groups is 4. The van der Waals surface area contributed by atoms with Gasteiger partial charge >= 0.3 is 0 Å². The van der Waals surface area contributed by atoms with Gasteiger partial charge < -0.3 is 19.1 Å². The quantitative estimate of drug-likeness (QED) is 0.191. The molecule has 66 heavy (non-hydrogen) atoms. The monoisotopic (exact) mass is 902 g/mol.